The quantitative estimate of drug-likeness (QED) is 0.626. The van der Waals surface area contributed by atoms with Crippen LogP contribution in [0.4, 0.5) is 26.1 Å². The van der Waals surface area contributed by atoms with Crippen molar-refractivity contribution in [2.45, 2.75) is 13.5 Å². The van der Waals surface area contributed by atoms with Gasteiger partial charge >= 0.3 is 0 Å². The van der Waals surface area contributed by atoms with E-state index in [1.807, 2.05) is 18.2 Å². The maximum absolute atomic E-state index is 13.9. The van der Waals surface area contributed by atoms with Gasteiger partial charge in [-0.05, 0) is 36.8 Å². The van der Waals surface area contributed by atoms with E-state index in [9.17, 15) is 8.78 Å². The Kier molecular flexibility index (Phi) is 5.88. The fourth-order valence-electron chi connectivity index (χ4n) is 2.63. The lowest BCUT2D eigenvalue weighted by Crippen LogP contribution is -2.06. The molecule has 0 radical (unpaired) electrons. The third-order valence-corrected chi connectivity index (χ3v) is 3.95. The number of halogens is 2. The lowest BCUT2D eigenvalue weighted by atomic mass is 10.2. The molecule has 0 aliphatic rings. The minimum absolute atomic E-state index is 0.130. The molecule has 0 atom stereocenters. The molecule has 0 saturated heterocycles. The molecule has 2 aromatic carbocycles. The molecule has 1 heterocycles. The van der Waals surface area contributed by atoms with E-state index in [4.69, 9.17) is 9.47 Å². The molecule has 0 unspecified atom stereocenters. The number of rotatable bonds is 7. The molecule has 6 nitrogen and oxygen atoms in total. The van der Waals surface area contributed by atoms with Crippen LogP contribution in [-0.2, 0) is 6.54 Å². The topological polar surface area (TPSA) is 68.3 Å². The first kappa shape index (κ1) is 19.3. The minimum atomic E-state index is -0.698. The molecule has 0 saturated carbocycles. The Morgan fingerprint density at radius 3 is 2.36 bits per heavy atom. The second-order valence-corrected chi connectivity index (χ2v) is 5.98. The smallest absolute Gasteiger partial charge is 0.161 e. The van der Waals surface area contributed by atoms with E-state index in [2.05, 4.69) is 20.6 Å². The molecule has 0 aliphatic carbocycles. The Labute approximate surface area is 161 Å². The van der Waals surface area contributed by atoms with Crippen LogP contribution in [0.1, 0.15) is 11.4 Å². The Hall–Kier alpha value is -3.42. The highest BCUT2D eigenvalue weighted by Gasteiger charge is 2.08. The van der Waals surface area contributed by atoms with Crippen molar-refractivity contribution in [1.29, 1.82) is 0 Å². The Balaban J connectivity index is 1.74. The van der Waals surface area contributed by atoms with Gasteiger partial charge in [-0.25, -0.2) is 18.7 Å². The summed E-state index contributed by atoms with van der Waals surface area (Å²) in [4.78, 5) is 8.57. The number of nitrogens with one attached hydrogen (secondary N) is 2. The van der Waals surface area contributed by atoms with Crippen LogP contribution < -0.4 is 20.1 Å². The number of methoxy groups -OCH3 is 2. The fraction of sp³-hybridized carbons (Fsp3) is 0.200. The average Bonchev–Trinajstić information content (AvgIpc) is 2.68. The highest BCUT2D eigenvalue weighted by atomic mass is 19.1. The summed E-state index contributed by atoms with van der Waals surface area (Å²) in [6, 6.07) is 10.6. The number of aromatic nitrogens is 2. The van der Waals surface area contributed by atoms with E-state index < -0.39 is 11.6 Å². The van der Waals surface area contributed by atoms with Crippen LogP contribution in [0.3, 0.4) is 0 Å². The first-order valence-corrected chi connectivity index (χ1v) is 8.51. The minimum Gasteiger partial charge on any atom is -0.493 e. The van der Waals surface area contributed by atoms with Crippen molar-refractivity contribution in [1.82, 2.24) is 9.97 Å². The third-order valence-electron chi connectivity index (χ3n) is 3.95. The summed E-state index contributed by atoms with van der Waals surface area (Å²) >= 11 is 0. The van der Waals surface area contributed by atoms with Crippen molar-refractivity contribution in [3.8, 4) is 11.5 Å². The van der Waals surface area contributed by atoms with Crippen molar-refractivity contribution in [3.63, 3.8) is 0 Å². The van der Waals surface area contributed by atoms with Gasteiger partial charge in [-0.15, -0.1) is 0 Å². The van der Waals surface area contributed by atoms with Crippen molar-refractivity contribution in [2.75, 3.05) is 24.9 Å². The van der Waals surface area contributed by atoms with Crippen molar-refractivity contribution in [3.05, 3.63) is 65.5 Å². The Morgan fingerprint density at radius 2 is 1.64 bits per heavy atom. The average molecular weight is 386 g/mol. The van der Waals surface area contributed by atoms with Gasteiger partial charge in [0.2, 0.25) is 0 Å². The summed E-state index contributed by atoms with van der Waals surface area (Å²) in [6.07, 6.45) is 0. The summed E-state index contributed by atoms with van der Waals surface area (Å²) in [6.45, 7) is 2.22. The molecule has 0 bridgehead atoms. The number of anilines is 3. The van der Waals surface area contributed by atoms with E-state index >= 15 is 0 Å². The van der Waals surface area contributed by atoms with Gasteiger partial charge in [0.05, 0.1) is 19.9 Å². The number of hydrogen-bond donors (Lipinski definition) is 2. The summed E-state index contributed by atoms with van der Waals surface area (Å²) in [5.74, 6) is 1.41. The van der Waals surface area contributed by atoms with Crippen LogP contribution in [0.2, 0.25) is 0 Å². The molecule has 2 N–H and O–H groups in total. The molecule has 8 heteroatoms. The summed E-state index contributed by atoms with van der Waals surface area (Å²) in [5.41, 5.74) is 1.10. The molecule has 0 aliphatic heterocycles. The van der Waals surface area contributed by atoms with Crippen molar-refractivity contribution >= 4 is 17.3 Å². The van der Waals surface area contributed by atoms with Gasteiger partial charge in [0.15, 0.2) is 11.5 Å². The van der Waals surface area contributed by atoms with Crippen molar-refractivity contribution < 1.29 is 18.3 Å². The van der Waals surface area contributed by atoms with E-state index in [1.54, 1.807) is 27.2 Å². The predicted octanol–water partition coefficient (Wildman–Crippen LogP) is 4.44. The standard InChI is InChI=1S/C20H20F2N4O2/c1-12-24-19(23-11-13-4-7-17(27-2)18(8-13)28-3)10-20(25-12)26-16-6-5-14(21)9-15(16)22/h4-10H,11H2,1-3H3,(H2,23,24,25,26). The van der Waals surface area contributed by atoms with E-state index in [0.717, 1.165) is 11.6 Å². The summed E-state index contributed by atoms with van der Waals surface area (Å²) in [5, 5.41) is 6.04. The zero-order valence-corrected chi connectivity index (χ0v) is 15.7. The van der Waals surface area contributed by atoms with Gasteiger partial charge in [0.25, 0.3) is 0 Å². The third kappa shape index (κ3) is 4.64. The monoisotopic (exact) mass is 386 g/mol. The lowest BCUT2D eigenvalue weighted by Gasteiger charge is -2.12. The Morgan fingerprint density at radius 1 is 0.893 bits per heavy atom. The van der Waals surface area contributed by atoms with Gasteiger partial charge in [0, 0.05) is 18.7 Å². The molecule has 28 heavy (non-hydrogen) atoms. The first-order chi connectivity index (χ1) is 13.5. The van der Waals surface area contributed by atoms with E-state index in [-0.39, 0.29) is 5.69 Å². The number of benzene rings is 2. The molecule has 0 spiro atoms. The molecular formula is C20H20F2N4O2. The SMILES string of the molecule is COc1ccc(CNc2cc(Nc3ccc(F)cc3F)nc(C)n2)cc1OC. The molecule has 3 aromatic rings. The number of nitrogens with zero attached hydrogens (tertiary/aromatic N) is 2. The van der Waals surface area contributed by atoms with Crippen LogP contribution in [0.5, 0.6) is 11.5 Å². The largest absolute Gasteiger partial charge is 0.493 e. The molecule has 0 amide bonds. The van der Waals surface area contributed by atoms with Crippen LogP contribution in [0.25, 0.3) is 0 Å². The second-order valence-electron chi connectivity index (χ2n) is 5.98. The lowest BCUT2D eigenvalue weighted by molar-refractivity contribution is 0.354. The van der Waals surface area contributed by atoms with Crippen LogP contribution >= 0.6 is 0 Å². The van der Waals surface area contributed by atoms with Gasteiger partial charge in [-0.1, -0.05) is 6.07 Å². The van der Waals surface area contributed by atoms with Gasteiger partial charge in [0.1, 0.15) is 29.1 Å². The Bertz CT molecular complexity index is 982. The summed E-state index contributed by atoms with van der Waals surface area (Å²) < 4.78 is 37.4. The number of hydrogen-bond acceptors (Lipinski definition) is 6. The van der Waals surface area contributed by atoms with E-state index in [0.29, 0.717) is 35.5 Å². The highest BCUT2D eigenvalue weighted by molar-refractivity contribution is 5.60. The zero-order valence-electron chi connectivity index (χ0n) is 15.7. The summed E-state index contributed by atoms with van der Waals surface area (Å²) in [7, 11) is 3.16. The van der Waals surface area contributed by atoms with Gasteiger partial charge in [-0.3, -0.25) is 0 Å². The number of ether oxygens (including phenoxy) is 2. The predicted molar refractivity (Wildman–Crippen MR) is 103 cm³/mol. The zero-order chi connectivity index (χ0) is 20.1. The van der Waals surface area contributed by atoms with Gasteiger partial charge in [-0.2, -0.15) is 0 Å². The van der Waals surface area contributed by atoms with Crippen LogP contribution in [0, 0.1) is 18.6 Å². The molecule has 3 rings (SSSR count). The van der Waals surface area contributed by atoms with E-state index in [1.165, 1.54) is 12.1 Å². The van der Waals surface area contributed by atoms with Gasteiger partial charge < -0.3 is 20.1 Å². The molecule has 1 aromatic heterocycles. The maximum atomic E-state index is 13.9. The first-order valence-electron chi connectivity index (χ1n) is 8.51. The highest BCUT2D eigenvalue weighted by Crippen LogP contribution is 2.28. The van der Waals surface area contributed by atoms with Crippen LogP contribution in [-0.4, -0.2) is 24.2 Å². The fourth-order valence-corrected chi connectivity index (χ4v) is 2.63. The normalized spacial score (nSPS) is 10.5. The second kappa shape index (κ2) is 8.51. The molecule has 0 fully saturated rings. The maximum Gasteiger partial charge on any atom is 0.161 e. The van der Waals surface area contributed by atoms with Crippen molar-refractivity contribution in [2.24, 2.45) is 0 Å². The molecular weight excluding hydrogens is 366 g/mol. The number of aryl methyl sites for hydroxylation is 1. The molecule has 146 valence electrons. The van der Waals surface area contributed by atoms with Crippen LogP contribution in [0.15, 0.2) is 42.5 Å².